The molecule has 0 radical (unpaired) electrons. The first kappa shape index (κ1) is 31.1. The molecule has 2 aliphatic rings. The van der Waals surface area contributed by atoms with Crippen LogP contribution >= 0.6 is 34.8 Å². The van der Waals surface area contributed by atoms with E-state index >= 15 is 0 Å². The van der Waals surface area contributed by atoms with Gasteiger partial charge in [-0.3, -0.25) is 14.4 Å². The van der Waals surface area contributed by atoms with E-state index in [1.165, 1.54) is 24.5 Å². The maximum absolute atomic E-state index is 13.8. The Labute approximate surface area is 258 Å². The number of hydrogen-bond donors (Lipinski definition) is 0. The van der Waals surface area contributed by atoms with Crippen LogP contribution in [0.3, 0.4) is 0 Å². The van der Waals surface area contributed by atoms with Gasteiger partial charge in [-0.05, 0) is 61.5 Å². The highest BCUT2D eigenvalue weighted by atomic mass is 35.5. The fourth-order valence-electron chi connectivity index (χ4n) is 4.73. The third-order valence-corrected chi connectivity index (χ3v) is 7.97. The second kappa shape index (κ2) is 12.7. The molecule has 226 valence electrons. The molecule has 0 N–H and O–H groups in total. The number of carbonyl (C=O) groups is 2. The number of rotatable bonds is 8. The Hall–Kier alpha value is -3.31. The number of fused-ring (bicyclic) bond motifs is 2. The molecule has 2 heterocycles. The molecule has 2 aliphatic carbocycles. The van der Waals surface area contributed by atoms with E-state index in [1.807, 2.05) is 4.57 Å². The van der Waals surface area contributed by atoms with Crippen molar-refractivity contribution in [1.29, 1.82) is 0 Å². The summed E-state index contributed by atoms with van der Waals surface area (Å²) in [6, 6.07) is 5.38. The molecule has 2 aromatic heterocycles. The Kier molecular flexibility index (Phi) is 9.22. The standard InChI is InChI=1S/C17H17ClFNO4.C13H8Cl2FNO2/c1-23-5-2-6-24-17(22)12-9-20(10-3-4-10)15-8-13(18)14(19)7-11(15)16(12)21;14-9-4-11-7(3-10(9)16)12(18)8(13(15)19)5-17(11)6-1-2-6/h7-10H,2-6H2,1H3;3-6H,1-2H2. The van der Waals surface area contributed by atoms with Crippen LogP contribution in [0.4, 0.5) is 8.78 Å². The van der Waals surface area contributed by atoms with E-state index in [9.17, 15) is 28.0 Å². The summed E-state index contributed by atoms with van der Waals surface area (Å²) < 4.78 is 40.9. The van der Waals surface area contributed by atoms with Gasteiger partial charge in [0.2, 0.25) is 10.9 Å². The van der Waals surface area contributed by atoms with Gasteiger partial charge in [0.05, 0.1) is 33.2 Å². The van der Waals surface area contributed by atoms with E-state index in [-0.39, 0.29) is 50.6 Å². The van der Waals surface area contributed by atoms with E-state index in [0.29, 0.717) is 24.1 Å². The van der Waals surface area contributed by atoms with Gasteiger partial charge in [0, 0.05) is 55.4 Å². The van der Waals surface area contributed by atoms with Gasteiger partial charge in [0.25, 0.3) is 5.24 Å². The van der Waals surface area contributed by atoms with E-state index in [4.69, 9.17) is 44.3 Å². The van der Waals surface area contributed by atoms with Crippen LogP contribution in [0.1, 0.15) is 64.9 Å². The number of ether oxygens (including phenoxy) is 2. The highest BCUT2D eigenvalue weighted by Gasteiger charge is 2.28. The topological polar surface area (TPSA) is 96.6 Å². The number of hydrogen-bond acceptors (Lipinski definition) is 6. The van der Waals surface area contributed by atoms with Gasteiger partial charge in [-0.1, -0.05) is 23.2 Å². The summed E-state index contributed by atoms with van der Waals surface area (Å²) in [6.07, 6.45) is 7.24. The Balaban J connectivity index is 0.000000176. The van der Waals surface area contributed by atoms with Crippen molar-refractivity contribution in [3.63, 3.8) is 0 Å². The zero-order chi connectivity index (χ0) is 31.0. The van der Waals surface area contributed by atoms with Gasteiger partial charge in [-0.25, -0.2) is 13.6 Å². The van der Waals surface area contributed by atoms with Crippen LogP contribution in [0, 0.1) is 11.6 Å². The molecule has 2 saturated carbocycles. The predicted octanol–water partition coefficient (Wildman–Crippen LogP) is 6.83. The van der Waals surface area contributed by atoms with Crippen LogP contribution in [0.2, 0.25) is 10.0 Å². The highest BCUT2D eigenvalue weighted by molar-refractivity contribution is 6.67. The predicted molar refractivity (Wildman–Crippen MR) is 160 cm³/mol. The van der Waals surface area contributed by atoms with E-state index in [2.05, 4.69) is 0 Å². The SMILES string of the molecule is COCCCOC(=O)c1cn(C2CC2)c2cc(Cl)c(F)cc2c1=O.O=C(Cl)c1cn(C2CC2)c2cc(Cl)c(F)cc2c1=O. The second-order valence-electron chi connectivity index (χ2n) is 10.3. The highest BCUT2D eigenvalue weighted by Crippen LogP contribution is 2.38. The largest absolute Gasteiger partial charge is 0.462 e. The Morgan fingerprint density at radius 1 is 0.814 bits per heavy atom. The average molecular weight is 654 g/mol. The first-order valence-corrected chi connectivity index (χ1v) is 14.6. The van der Waals surface area contributed by atoms with Crippen molar-refractivity contribution in [3.8, 4) is 0 Å². The molecule has 43 heavy (non-hydrogen) atoms. The summed E-state index contributed by atoms with van der Waals surface area (Å²) in [5, 5.41) is -0.676. The maximum atomic E-state index is 13.8. The molecule has 0 spiro atoms. The molecule has 0 aliphatic heterocycles. The number of carbonyl (C=O) groups excluding carboxylic acids is 2. The smallest absolute Gasteiger partial charge is 0.343 e. The Morgan fingerprint density at radius 2 is 1.28 bits per heavy atom. The molecule has 0 saturated heterocycles. The van der Waals surface area contributed by atoms with Gasteiger partial charge in [-0.15, -0.1) is 0 Å². The van der Waals surface area contributed by atoms with Crippen molar-refractivity contribution >= 4 is 67.8 Å². The normalized spacial score (nSPS) is 14.5. The lowest BCUT2D eigenvalue weighted by Crippen LogP contribution is -2.21. The fraction of sp³-hybridized carbons (Fsp3) is 0.333. The summed E-state index contributed by atoms with van der Waals surface area (Å²) in [5.41, 5.74) is -0.279. The summed E-state index contributed by atoms with van der Waals surface area (Å²) in [5.74, 6) is -2.08. The number of methoxy groups -OCH3 is 1. The minimum atomic E-state index is -0.836. The fourth-order valence-corrected chi connectivity index (χ4v) is 5.18. The summed E-state index contributed by atoms with van der Waals surface area (Å²) in [4.78, 5) is 48.2. The monoisotopic (exact) mass is 652 g/mol. The van der Waals surface area contributed by atoms with Crippen LogP contribution in [-0.4, -0.2) is 40.7 Å². The molecule has 0 unspecified atom stereocenters. The van der Waals surface area contributed by atoms with Gasteiger partial charge >= 0.3 is 5.97 Å². The number of esters is 1. The van der Waals surface area contributed by atoms with Gasteiger partial charge < -0.3 is 18.6 Å². The maximum Gasteiger partial charge on any atom is 0.343 e. The first-order chi connectivity index (χ1) is 20.5. The van der Waals surface area contributed by atoms with Crippen LogP contribution in [0.15, 0.2) is 46.2 Å². The van der Waals surface area contributed by atoms with Crippen molar-refractivity contribution in [2.75, 3.05) is 20.3 Å². The van der Waals surface area contributed by atoms with E-state index < -0.39 is 33.7 Å². The van der Waals surface area contributed by atoms with Crippen molar-refractivity contribution < 1.29 is 27.8 Å². The zero-order valence-corrected chi connectivity index (χ0v) is 25.1. The van der Waals surface area contributed by atoms with Crippen molar-refractivity contribution in [1.82, 2.24) is 9.13 Å². The molecule has 2 fully saturated rings. The molecule has 8 nitrogen and oxygen atoms in total. The lowest BCUT2D eigenvalue weighted by Gasteiger charge is -2.13. The van der Waals surface area contributed by atoms with Crippen molar-refractivity contribution in [2.24, 2.45) is 0 Å². The average Bonchev–Trinajstić information content (AvgIpc) is 3.88. The molecular weight excluding hydrogens is 629 g/mol. The van der Waals surface area contributed by atoms with Crippen LogP contribution < -0.4 is 10.9 Å². The molecule has 0 bridgehead atoms. The van der Waals surface area contributed by atoms with Crippen LogP contribution in [-0.2, 0) is 9.47 Å². The van der Waals surface area contributed by atoms with Crippen molar-refractivity contribution in [3.05, 3.63) is 89.9 Å². The number of aromatic nitrogens is 2. The summed E-state index contributed by atoms with van der Waals surface area (Å²) >= 11 is 17.0. The van der Waals surface area contributed by atoms with Gasteiger partial charge in [0.15, 0.2) is 0 Å². The zero-order valence-electron chi connectivity index (χ0n) is 22.8. The second-order valence-corrected chi connectivity index (χ2v) is 11.5. The third-order valence-electron chi connectivity index (χ3n) is 7.19. The number of nitrogens with zero attached hydrogens (tertiary/aromatic N) is 2. The quantitative estimate of drug-likeness (QED) is 0.118. The Bertz CT molecular complexity index is 1880. The van der Waals surface area contributed by atoms with E-state index in [1.54, 1.807) is 11.7 Å². The van der Waals surface area contributed by atoms with Crippen LogP contribution in [0.5, 0.6) is 0 Å². The molecule has 0 atom stereocenters. The Morgan fingerprint density at radius 3 is 1.72 bits per heavy atom. The van der Waals surface area contributed by atoms with Crippen LogP contribution in [0.25, 0.3) is 21.8 Å². The lowest BCUT2D eigenvalue weighted by molar-refractivity contribution is 0.0466. The lowest BCUT2D eigenvalue weighted by atomic mass is 10.1. The van der Waals surface area contributed by atoms with Gasteiger partial charge in [-0.2, -0.15) is 0 Å². The van der Waals surface area contributed by atoms with Gasteiger partial charge in [0.1, 0.15) is 17.2 Å². The first-order valence-electron chi connectivity index (χ1n) is 13.5. The van der Waals surface area contributed by atoms with E-state index in [0.717, 1.165) is 37.8 Å². The van der Waals surface area contributed by atoms with Crippen molar-refractivity contribution in [2.45, 2.75) is 44.2 Å². The molecule has 4 aromatic rings. The molecule has 0 amide bonds. The molecular formula is C30H25Cl3F2N2O6. The minimum absolute atomic E-state index is 0.0498. The third kappa shape index (κ3) is 6.62. The number of halogens is 5. The molecule has 2 aromatic carbocycles. The summed E-state index contributed by atoms with van der Waals surface area (Å²) in [6.45, 7) is 0.615. The minimum Gasteiger partial charge on any atom is -0.462 e. The molecule has 13 heteroatoms. The number of benzene rings is 2. The number of pyridine rings is 2. The summed E-state index contributed by atoms with van der Waals surface area (Å²) in [7, 11) is 1.55. The molecule has 6 rings (SSSR count).